The summed E-state index contributed by atoms with van der Waals surface area (Å²) in [6.07, 6.45) is 0. The van der Waals surface area contributed by atoms with E-state index in [2.05, 4.69) is 73.7 Å². The molecule has 4 rings (SSSR count). The highest BCUT2D eigenvalue weighted by Crippen LogP contribution is 2.15. The first kappa shape index (κ1) is 31.2. The standard InChI is InChI=1S/C14H18ClN5.C14H21N7/c1-3-20(4-2)14-18-12(15)17-13(19-14)16-10-11-8-6-5-7-9-11;1-3-21(4-2)14-18-12(17-13(19-14)20-15)16-10-11-8-6-5-7-9-11/h5-9H,3-4,10H2,1-2H3,(H,16,17,18,19);5-9H,3-4,10,15H2,1-2H3,(H2,16,17,18,19,20). The molecule has 0 saturated heterocycles. The molecule has 41 heavy (non-hydrogen) atoms. The highest BCUT2D eigenvalue weighted by Gasteiger charge is 2.11. The van der Waals surface area contributed by atoms with Gasteiger partial charge in [0.25, 0.3) is 0 Å². The molecule has 0 bridgehead atoms. The Kier molecular flexibility index (Phi) is 12.7. The van der Waals surface area contributed by atoms with E-state index in [-0.39, 0.29) is 5.28 Å². The van der Waals surface area contributed by atoms with Crippen molar-refractivity contribution in [2.24, 2.45) is 5.84 Å². The largest absolute Gasteiger partial charge is 0.350 e. The molecule has 0 radical (unpaired) electrons. The van der Waals surface area contributed by atoms with Crippen molar-refractivity contribution < 1.29 is 0 Å². The number of aromatic nitrogens is 6. The van der Waals surface area contributed by atoms with Crippen LogP contribution in [0.25, 0.3) is 0 Å². The van der Waals surface area contributed by atoms with Gasteiger partial charge in [-0.05, 0) is 50.4 Å². The molecule has 0 spiro atoms. The topological polar surface area (TPSA) is 146 Å². The quantitative estimate of drug-likeness (QED) is 0.130. The van der Waals surface area contributed by atoms with Crippen molar-refractivity contribution in [3.8, 4) is 0 Å². The second kappa shape index (κ2) is 16.7. The third kappa shape index (κ3) is 10.00. The monoisotopic (exact) mass is 578 g/mol. The predicted octanol–water partition coefficient (Wildman–Crippen LogP) is 4.60. The molecule has 218 valence electrons. The van der Waals surface area contributed by atoms with E-state index in [1.165, 1.54) is 0 Å². The van der Waals surface area contributed by atoms with Gasteiger partial charge in [-0.2, -0.15) is 29.9 Å². The minimum atomic E-state index is 0.206. The summed E-state index contributed by atoms with van der Waals surface area (Å²) in [5, 5.41) is 6.57. The first-order valence-electron chi connectivity index (χ1n) is 13.7. The molecule has 0 aliphatic heterocycles. The molecule has 0 amide bonds. The van der Waals surface area contributed by atoms with Gasteiger partial charge < -0.3 is 20.4 Å². The third-order valence-electron chi connectivity index (χ3n) is 6.03. The molecule has 13 heteroatoms. The molecule has 0 aliphatic rings. The Morgan fingerprint density at radius 1 is 0.585 bits per heavy atom. The Hall–Kier alpha value is -4.29. The molecule has 2 aromatic heterocycles. The highest BCUT2D eigenvalue weighted by atomic mass is 35.5. The van der Waals surface area contributed by atoms with Gasteiger partial charge in [-0.3, -0.25) is 5.43 Å². The van der Waals surface area contributed by atoms with Crippen LogP contribution in [0, 0.1) is 0 Å². The number of nitrogen functional groups attached to an aromatic ring is 1. The number of hydrogen-bond donors (Lipinski definition) is 4. The van der Waals surface area contributed by atoms with E-state index >= 15 is 0 Å². The van der Waals surface area contributed by atoms with Crippen LogP contribution in [0.3, 0.4) is 0 Å². The van der Waals surface area contributed by atoms with Crippen LogP contribution in [-0.4, -0.2) is 56.1 Å². The van der Waals surface area contributed by atoms with Crippen molar-refractivity contribution in [2.75, 3.05) is 52.0 Å². The molecule has 0 aliphatic carbocycles. The maximum atomic E-state index is 5.96. The number of benzene rings is 2. The fraction of sp³-hybridized carbons (Fsp3) is 0.357. The highest BCUT2D eigenvalue weighted by molar-refractivity contribution is 6.28. The Morgan fingerprint density at radius 2 is 1.00 bits per heavy atom. The summed E-state index contributed by atoms with van der Waals surface area (Å²) in [5.41, 5.74) is 4.80. The fourth-order valence-corrected chi connectivity index (χ4v) is 3.93. The lowest BCUT2D eigenvalue weighted by atomic mass is 10.2. The average Bonchev–Trinajstić information content (AvgIpc) is 3.01. The van der Waals surface area contributed by atoms with Gasteiger partial charge in [-0.15, -0.1) is 0 Å². The minimum Gasteiger partial charge on any atom is -0.350 e. The first-order valence-corrected chi connectivity index (χ1v) is 14.1. The maximum Gasteiger partial charge on any atom is 0.243 e. The van der Waals surface area contributed by atoms with E-state index in [4.69, 9.17) is 17.4 Å². The molecule has 0 atom stereocenters. The summed E-state index contributed by atoms with van der Waals surface area (Å²) >= 11 is 5.96. The zero-order chi connectivity index (χ0) is 29.5. The van der Waals surface area contributed by atoms with E-state index in [9.17, 15) is 0 Å². The predicted molar refractivity (Wildman–Crippen MR) is 167 cm³/mol. The van der Waals surface area contributed by atoms with Crippen LogP contribution in [0.15, 0.2) is 60.7 Å². The number of hydrogen-bond acceptors (Lipinski definition) is 12. The average molecular weight is 579 g/mol. The molecule has 0 fully saturated rings. The Balaban J connectivity index is 0.000000226. The van der Waals surface area contributed by atoms with Crippen molar-refractivity contribution in [1.29, 1.82) is 0 Å². The van der Waals surface area contributed by atoms with E-state index in [1.54, 1.807) is 0 Å². The van der Waals surface area contributed by atoms with Gasteiger partial charge in [0.15, 0.2) is 0 Å². The Labute approximate surface area is 246 Å². The summed E-state index contributed by atoms with van der Waals surface area (Å²) < 4.78 is 0. The summed E-state index contributed by atoms with van der Waals surface area (Å²) in [4.78, 5) is 29.7. The molecular weight excluding hydrogens is 540 g/mol. The van der Waals surface area contributed by atoms with E-state index in [0.29, 0.717) is 42.8 Å². The molecule has 2 aromatic carbocycles. The van der Waals surface area contributed by atoms with Gasteiger partial charge in [-0.1, -0.05) is 60.7 Å². The van der Waals surface area contributed by atoms with E-state index in [1.807, 2.05) is 70.5 Å². The van der Waals surface area contributed by atoms with Crippen LogP contribution in [0.5, 0.6) is 0 Å². The Bertz CT molecular complexity index is 1300. The van der Waals surface area contributed by atoms with Gasteiger partial charge in [0.2, 0.25) is 35.0 Å². The number of nitrogens with one attached hydrogen (secondary N) is 3. The maximum absolute atomic E-state index is 5.96. The van der Waals surface area contributed by atoms with E-state index in [0.717, 1.165) is 37.3 Å². The van der Waals surface area contributed by atoms with Crippen molar-refractivity contribution in [2.45, 2.75) is 40.8 Å². The molecule has 0 unspecified atom stereocenters. The second-order valence-electron chi connectivity index (χ2n) is 8.68. The zero-order valence-electron chi connectivity index (χ0n) is 24.0. The van der Waals surface area contributed by atoms with Crippen molar-refractivity contribution in [3.63, 3.8) is 0 Å². The minimum absolute atomic E-state index is 0.206. The number of nitrogens with zero attached hydrogens (tertiary/aromatic N) is 8. The smallest absolute Gasteiger partial charge is 0.243 e. The molecule has 4 aromatic rings. The molecule has 12 nitrogen and oxygen atoms in total. The van der Waals surface area contributed by atoms with Gasteiger partial charge in [0, 0.05) is 39.3 Å². The lowest BCUT2D eigenvalue weighted by Crippen LogP contribution is -2.26. The first-order chi connectivity index (χ1) is 20.0. The molecule has 0 saturated carbocycles. The summed E-state index contributed by atoms with van der Waals surface area (Å²) in [5.74, 6) is 7.99. The number of rotatable bonds is 13. The number of halogens is 1. The number of anilines is 5. The van der Waals surface area contributed by atoms with Crippen LogP contribution in [0.2, 0.25) is 5.28 Å². The molecule has 2 heterocycles. The summed E-state index contributed by atoms with van der Waals surface area (Å²) in [7, 11) is 0. The lowest BCUT2D eigenvalue weighted by molar-refractivity contribution is 0.811. The zero-order valence-corrected chi connectivity index (χ0v) is 24.8. The SMILES string of the molecule is CCN(CC)c1nc(Cl)nc(NCc2ccccc2)n1.CCN(CC)c1nc(NN)nc(NCc2ccccc2)n1. The Morgan fingerprint density at radius 3 is 1.44 bits per heavy atom. The number of nitrogens with two attached hydrogens (primary N) is 1. The van der Waals surface area contributed by atoms with Crippen LogP contribution < -0.4 is 31.7 Å². The van der Waals surface area contributed by atoms with Crippen molar-refractivity contribution >= 4 is 41.3 Å². The second-order valence-corrected chi connectivity index (χ2v) is 9.02. The summed E-state index contributed by atoms with van der Waals surface area (Å²) in [6.45, 7) is 12.8. The van der Waals surface area contributed by atoms with Gasteiger partial charge in [0.1, 0.15) is 0 Å². The number of hydrazine groups is 1. The van der Waals surface area contributed by atoms with Gasteiger partial charge >= 0.3 is 0 Å². The van der Waals surface area contributed by atoms with Crippen LogP contribution in [0.4, 0.5) is 29.7 Å². The lowest BCUT2D eigenvalue weighted by Gasteiger charge is -2.19. The van der Waals surface area contributed by atoms with Crippen molar-refractivity contribution in [3.05, 3.63) is 77.1 Å². The van der Waals surface area contributed by atoms with Crippen LogP contribution in [-0.2, 0) is 13.1 Å². The third-order valence-corrected chi connectivity index (χ3v) is 6.20. The van der Waals surface area contributed by atoms with Gasteiger partial charge in [0.05, 0.1) is 0 Å². The molecule has 5 N–H and O–H groups in total. The normalized spacial score (nSPS) is 10.3. The van der Waals surface area contributed by atoms with Crippen LogP contribution >= 0.6 is 11.6 Å². The van der Waals surface area contributed by atoms with Gasteiger partial charge in [-0.25, -0.2) is 5.84 Å². The fourth-order valence-electron chi connectivity index (χ4n) is 3.78. The van der Waals surface area contributed by atoms with E-state index < -0.39 is 0 Å². The summed E-state index contributed by atoms with van der Waals surface area (Å²) in [6, 6.07) is 20.1. The molecular formula is C28H39ClN12. The van der Waals surface area contributed by atoms with Crippen LogP contribution in [0.1, 0.15) is 38.8 Å². The van der Waals surface area contributed by atoms with Crippen molar-refractivity contribution in [1.82, 2.24) is 29.9 Å².